The van der Waals surface area contributed by atoms with Crippen molar-refractivity contribution < 1.29 is 14.5 Å². The predicted octanol–water partition coefficient (Wildman–Crippen LogP) is 2.22. The van der Waals surface area contributed by atoms with Crippen LogP contribution in [0.2, 0.25) is 0 Å². The van der Waals surface area contributed by atoms with Crippen LogP contribution in [-0.4, -0.2) is 24.0 Å². The van der Waals surface area contributed by atoms with E-state index in [0.29, 0.717) is 31.7 Å². The van der Waals surface area contributed by atoms with Crippen LogP contribution in [0.4, 0.5) is 11.4 Å². The average molecular weight is 277 g/mol. The zero-order valence-electron chi connectivity index (χ0n) is 11.1. The number of nitriles is 1. The SMILES string of the molecule is CCOC(=O)CCCNc1ccc([N+](=O)[O-])c(C#N)c1. The number of hydrogen-bond donors (Lipinski definition) is 1. The molecule has 0 unspecified atom stereocenters. The van der Waals surface area contributed by atoms with Crippen LogP contribution in [0.5, 0.6) is 0 Å². The van der Waals surface area contributed by atoms with Gasteiger partial charge in [-0.05, 0) is 25.5 Å². The van der Waals surface area contributed by atoms with Crippen LogP contribution in [0.25, 0.3) is 0 Å². The van der Waals surface area contributed by atoms with Gasteiger partial charge in [0.25, 0.3) is 5.69 Å². The number of benzene rings is 1. The van der Waals surface area contributed by atoms with E-state index in [1.165, 1.54) is 18.2 Å². The Bertz CT molecular complexity index is 537. The van der Waals surface area contributed by atoms with Crippen LogP contribution >= 0.6 is 0 Å². The standard InChI is InChI=1S/C13H15N3O4/c1-2-20-13(17)4-3-7-15-11-5-6-12(16(18)19)10(8-11)9-14/h5-6,8,15H,2-4,7H2,1H3. The van der Waals surface area contributed by atoms with Crippen molar-refractivity contribution in [3.05, 3.63) is 33.9 Å². The molecular weight excluding hydrogens is 262 g/mol. The van der Waals surface area contributed by atoms with Gasteiger partial charge in [-0.15, -0.1) is 0 Å². The largest absolute Gasteiger partial charge is 0.466 e. The lowest BCUT2D eigenvalue weighted by atomic mass is 10.1. The molecule has 106 valence electrons. The quantitative estimate of drug-likeness (QED) is 0.354. The molecule has 1 N–H and O–H groups in total. The summed E-state index contributed by atoms with van der Waals surface area (Å²) in [6.07, 6.45) is 0.886. The Kier molecular flexibility index (Phi) is 5.97. The molecule has 0 aromatic heterocycles. The predicted molar refractivity (Wildman–Crippen MR) is 72.2 cm³/mol. The van der Waals surface area contributed by atoms with Crippen molar-refractivity contribution in [3.8, 4) is 6.07 Å². The van der Waals surface area contributed by atoms with Crippen LogP contribution in [0, 0.1) is 21.4 Å². The number of carbonyl (C=O) groups is 1. The normalized spacial score (nSPS) is 9.60. The topological polar surface area (TPSA) is 105 Å². The fourth-order valence-electron chi connectivity index (χ4n) is 1.59. The van der Waals surface area contributed by atoms with Crippen molar-refractivity contribution in [3.63, 3.8) is 0 Å². The van der Waals surface area contributed by atoms with Gasteiger partial charge in [-0.25, -0.2) is 0 Å². The summed E-state index contributed by atoms with van der Waals surface area (Å²) < 4.78 is 4.79. The first-order valence-corrected chi connectivity index (χ1v) is 6.16. The van der Waals surface area contributed by atoms with Crippen molar-refractivity contribution in [2.24, 2.45) is 0 Å². The molecule has 7 heteroatoms. The summed E-state index contributed by atoms with van der Waals surface area (Å²) in [6, 6.07) is 6.02. The summed E-state index contributed by atoms with van der Waals surface area (Å²) in [5, 5.41) is 22.5. The Labute approximate surface area is 116 Å². The maximum absolute atomic E-state index is 11.1. The van der Waals surface area contributed by atoms with Gasteiger partial charge in [0.1, 0.15) is 11.6 Å². The van der Waals surface area contributed by atoms with E-state index in [1.807, 2.05) is 0 Å². The highest BCUT2D eigenvalue weighted by molar-refractivity contribution is 5.69. The van der Waals surface area contributed by atoms with Crippen molar-refractivity contribution in [1.82, 2.24) is 0 Å². The van der Waals surface area contributed by atoms with E-state index in [0.717, 1.165) is 0 Å². The fraction of sp³-hybridized carbons (Fsp3) is 0.385. The molecule has 7 nitrogen and oxygen atoms in total. The maximum atomic E-state index is 11.1. The second kappa shape index (κ2) is 7.74. The fourth-order valence-corrected chi connectivity index (χ4v) is 1.59. The lowest BCUT2D eigenvalue weighted by molar-refractivity contribution is -0.385. The summed E-state index contributed by atoms with van der Waals surface area (Å²) in [5.41, 5.74) is 0.394. The molecule has 0 spiro atoms. The van der Waals surface area contributed by atoms with Crippen molar-refractivity contribution in [1.29, 1.82) is 5.26 Å². The molecule has 0 fully saturated rings. The van der Waals surface area contributed by atoms with Gasteiger partial charge < -0.3 is 10.1 Å². The number of nitrogens with zero attached hydrogens (tertiary/aromatic N) is 2. The highest BCUT2D eigenvalue weighted by Crippen LogP contribution is 2.21. The highest BCUT2D eigenvalue weighted by atomic mass is 16.6. The second-order valence-electron chi connectivity index (χ2n) is 3.94. The first kappa shape index (κ1) is 15.4. The van der Waals surface area contributed by atoms with Gasteiger partial charge in [-0.2, -0.15) is 5.26 Å². The van der Waals surface area contributed by atoms with E-state index in [2.05, 4.69) is 5.32 Å². The van der Waals surface area contributed by atoms with E-state index >= 15 is 0 Å². The number of rotatable bonds is 7. The van der Waals surface area contributed by atoms with Crippen LogP contribution in [0.3, 0.4) is 0 Å². The molecule has 20 heavy (non-hydrogen) atoms. The van der Waals surface area contributed by atoms with Crippen LogP contribution in [-0.2, 0) is 9.53 Å². The number of nitrogens with one attached hydrogen (secondary N) is 1. The minimum Gasteiger partial charge on any atom is -0.466 e. The van der Waals surface area contributed by atoms with E-state index in [4.69, 9.17) is 10.00 Å². The smallest absolute Gasteiger partial charge is 0.305 e. The minimum absolute atomic E-state index is 0.00499. The molecule has 0 aliphatic heterocycles. The monoisotopic (exact) mass is 277 g/mol. The number of nitro groups is 1. The molecule has 0 saturated heterocycles. The van der Waals surface area contributed by atoms with Crippen LogP contribution in [0.1, 0.15) is 25.3 Å². The summed E-state index contributed by atoms with van der Waals surface area (Å²) in [4.78, 5) is 21.2. The van der Waals surface area contributed by atoms with Gasteiger partial charge in [0.2, 0.25) is 0 Å². The van der Waals surface area contributed by atoms with Gasteiger partial charge in [0.15, 0.2) is 0 Å². The number of esters is 1. The van der Waals surface area contributed by atoms with E-state index < -0.39 is 4.92 Å². The number of anilines is 1. The molecule has 0 amide bonds. The molecule has 1 aromatic carbocycles. The third-order valence-corrected chi connectivity index (χ3v) is 2.51. The van der Waals surface area contributed by atoms with Gasteiger partial charge in [-0.3, -0.25) is 14.9 Å². The minimum atomic E-state index is -0.594. The molecule has 1 rings (SSSR count). The molecule has 0 radical (unpaired) electrons. The molecule has 0 heterocycles. The van der Waals surface area contributed by atoms with Crippen LogP contribution in [0.15, 0.2) is 18.2 Å². The van der Waals surface area contributed by atoms with E-state index in [9.17, 15) is 14.9 Å². The van der Waals surface area contributed by atoms with E-state index in [1.54, 1.807) is 13.0 Å². The Hall–Kier alpha value is -2.62. The Balaban J connectivity index is 2.51. The number of ether oxygens (including phenoxy) is 1. The lowest BCUT2D eigenvalue weighted by Crippen LogP contribution is -2.08. The molecule has 0 atom stereocenters. The summed E-state index contributed by atoms with van der Waals surface area (Å²) in [6.45, 7) is 2.62. The van der Waals surface area contributed by atoms with Gasteiger partial charge in [0.05, 0.1) is 11.5 Å². The van der Waals surface area contributed by atoms with Crippen molar-refractivity contribution in [2.75, 3.05) is 18.5 Å². The van der Waals surface area contributed by atoms with Gasteiger partial charge in [0, 0.05) is 24.7 Å². The Morgan fingerprint density at radius 3 is 2.90 bits per heavy atom. The molecule has 0 saturated carbocycles. The summed E-state index contributed by atoms with van der Waals surface area (Å²) >= 11 is 0. The number of nitro benzene ring substituents is 1. The number of carbonyl (C=O) groups excluding carboxylic acids is 1. The first-order chi connectivity index (χ1) is 9.58. The van der Waals surface area contributed by atoms with Gasteiger partial charge in [-0.1, -0.05) is 0 Å². The second-order valence-corrected chi connectivity index (χ2v) is 3.94. The average Bonchev–Trinajstić information content (AvgIpc) is 2.43. The van der Waals surface area contributed by atoms with Gasteiger partial charge >= 0.3 is 5.97 Å². The van der Waals surface area contributed by atoms with Crippen molar-refractivity contribution in [2.45, 2.75) is 19.8 Å². The highest BCUT2D eigenvalue weighted by Gasteiger charge is 2.13. The third kappa shape index (κ3) is 4.57. The summed E-state index contributed by atoms with van der Waals surface area (Å²) in [7, 11) is 0. The molecule has 0 aliphatic carbocycles. The zero-order valence-corrected chi connectivity index (χ0v) is 11.1. The Morgan fingerprint density at radius 1 is 1.55 bits per heavy atom. The molecular formula is C13H15N3O4. The molecule has 0 aliphatic rings. The third-order valence-electron chi connectivity index (χ3n) is 2.51. The zero-order chi connectivity index (χ0) is 15.0. The maximum Gasteiger partial charge on any atom is 0.305 e. The lowest BCUT2D eigenvalue weighted by Gasteiger charge is -2.06. The van der Waals surface area contributed by atoms with E-state index in [-0.39, 0.29) is 17.2 Å². The Morgan fingerprint density at radius 2 is 2.30 bits per heavy atom. The molecule has 0 bridgehead atoms. The van der Waals surface area contributed by atoms with Crippen LogP contribution < -0.4 is 5.32 Å². The first-order valence-electron chi connectivity index (χ1n) is 6.16. The van der Waals surface area contributed by atoms with Crippen molar-refractivity contribution >= 4 is 17.3 Å². The summed E-state index contributed by atoms with van der Waals surface area (Å²) in [5.74, 6) is -0.254. The molecule has 1 aromatic rings. The number of hydrogen-bond acceptors (Lipinski definition) is 6.